The van der Waals surface area contributed by atoms with Gasteiger partial charge in [0, 0.05) is 19.1 Å². The van der Waals surface area contributed by atoms with Crippen LogP contribution in [0.4, 0.5) is 0 Å². The number of ether oxygens (including phenoxy) is 1. The third-order valence-electron chi connectivity index (χ3n) is 4.31. The molecule has 0 aromatic rings. The summed E-state index contributed by atoms with van der Waals surface area (Å²) < 4.78 is 5.95. The number of likely N-dealkylation sites (N-methyl/N-ethyl adjacent to an activating group) is 2. The van der Waals surface area contributed by atoms with Crippen LogP contribution >= 0.6 is 0 Å². The summed E-state index contributed by atoms with van der Waals surface area (Å²) in [6.07, 6.45) is 9.89. The monoisotopic (exact) mass is 270 g/mol. The maximum absolute atomic E-state index is 5.95. The van der Waals surface area contributed by atoms with Gasteiger partial charge in [-0.2, -0.15) is 0 Å². The third-order valence-corrected chi connectivity index (χ3v) is 4.31. The number of morpholine rings is 1. The van der Waals surface area contributed by atoms with Gasteiger partial charge in [-0.25, -0.2) is 0 Å². The molecule has 1 aliphatic rings. The second-order valence-corrected chi connectivity index (χ2v) is 5.75. The molecule has 1 aliphatic heterocycles. The maximum Gasteiger partial charge on any atom is 0.0855 e. The fourth-order valence-electron chi connectivity index (χ4n) is 2.92. The number of rotatable bonds is 10. The molecule has 3 heteroatoms. The van der Waals surface area contributed by atoms with E-state index in [0.717, 1.165) is 26.2 Å². The van der Waals surface area contributed by atoms with Crippen LogP contribution in [0.3, 0.4) is 0 Å². The van der Waals surface area contributed by atoms with E-state index in [4.69, 9.17) is 4.74 Å². The smallest absolute Gasteiger partial charge is 0.0855 e. The number of hydrogen-bond acceptors (Lipinski definition) is 3. The van der Waals surface area contributed by atoms with Crippen molar-refractivity contribution in [2.45, 2.75) is 70.9 Å². The molecule has 0 aliphatic carbocycles. The zero-order chi connectivity index (χ0) is 13.9. The molecule has 0 radical (unpaired) electrons. The highest BCUT2D eigenvalue weighted by molar-refractivity contribution is 4.81. The van der Waals surface area contributed by atoms with E-state index in [-0.39, 0.29) is 0 Å². The van der Waals surface area contributed by atoms with Crippen LogP contribution in [0.1, 0.15) is 58.8 Å². The molecule has 19 heavy (non-hydrogen) atoms. The Hall–Kier alpha value is -0.120. The maximum atomic E-state index is 5.95. The van der Waals surface area contributed by atoms with Crippen LogP contribution in [-0.4, -0.2) is 50.3 Å². The zero-order valence-corrected chi connectivity index (χ0v) is 13.3. The first-order valence-corrected chi connectivity index (χ1v) is 8.33. The minimum atomic E-state index is 0.384. The van der Waals surface area contributed by atoms with E-state index in [9.17, 15) is 0 Å². The van der Waals surface area contributed by atoms with Gasteiger partial charge < -0.3 is 10.1 Å². The molecule has 0 aromatic carbocycles. The summed E-state index contributed by atoms with van der Waals surface area (Å²) in [7, 11) is 2.08. The Bertz CT molecular complexity index is 211. The SMILES string of the molecule is CCCCCCCCC(NC)C1CN(CC)CCO1. The van der Waals surface area contributed by atoms with Gasteiger partial charge >= 0.3 is 0 Å². The Balaban J connectivity index is 2.17. The molecule has 0 saturated carbocycles. The Labute approximate surface area is 120 Å². The van der Waals surface area contributed by atoms with Gasteiger partial charge in [0.2, 0.25) is 0 Å². The van der Waals surface area contributed by atoms with Gasteiger partial charge in [0.25, 0.3) is 0 Å². The van der Waals surface area contributed by atoms with Gasteiger partial charge in [-0.15, -0.1) is 0 Å². The molecule has 2 unspecified atom stereocenters. The molecule has 1 heterocycles. The first-order valence-electron chi connectivity index (χ1n) is 8.33. The van der Waals surface area contributed by atoms with E-state index in [0.29, 0.717) is 12.1 Å². The normalized spacial score (nSPS) is 22.6. The molecular formula is C16H34N2O. The van der Waals surface area contributed by atoms with Crippen molar-refractivity contribution in [3.05, 3.63) is 0 Å². The minimum Gasteiger partial charge on any atom is -0.374 e. The van der Waals surface area contributed by atoms with Crippen molar-refractivity contribution in [2.75, 3.05) is 33.3 Å². The van der Waals surface area contributed by atoms with Gasteiger partial charge in [-0.05, 0) is 20.0 Å². The van der Waals surface area contributed by atoms with Crippen molar-refractivity contribution in [1.82, 2.24) is 10.2 Å². The molecule has 1 N–H and O–H groups in total. The number of unbranched alkanes of at least 4 members (excludes halogenated alkanes) is 5. The predicted octanol–water partition coefficient (Wildman–Crippen LogP) is 3.05. The standard InChI is InChI=1S/C16H34N2O/c1-4-6-7-8-9-10-11-15(17-3)16-14-18(5-2)12-13-19-16/h15-17H,4-14H2,1-3H3. The van der Waals surface area contributed by atoms with E-state index in [1.807, 2.05) is 0 Å². The highest BCUT2D eigenvalue weighted by Gasteiger charge is 2.25. The van der Waals surface area contributed by atoms with E-state index >= 15 is 0 Å². The van der Waals surface area contributed by atoms with Crippen LogP contribution in [0.25, 0.3) is 0 Å². The predicted molar refractivity (Wildman–Crippen MR) is 82.7 cm³/mol. The summed E-state index contributed by atoms with van der Waals surface area (Å²) in [5.41, 5.74) is 0. The van der Waals surface area contributed by atoms with Crippen molar-refractivity contribution in [2.24, 2.45) is 0 Å². The molecule has 0 bridgehead atoms. The summed E-state index contributed by atoms with van der Waals surface area (Å²) in [5.74, 6) is 0. The first kappa shape index (κ1) is 16.9. The average molecular weight is 270 g/mol. The lowest BCUT2D eigenvalue weighted by molar-refractivity contribution is -0.0453. The molecule has 0 aromatic heterocycles. The van der Waals surface area contributed by atoms with Crippen LogP contribution in [0.2, 0.25) is 0 Å². The molecule has 1 fully saturated rings. The summed E-state index contributed by atoms with van der Waals surface area (Å²) >= 11 is 0. The van der Waals surface area contributed by atoms with Gasteiger partial charge in [0.1, 0.15) is 0 Å². The van der Waals surface area contributed by atoms with Crippen molar-refractivity contribution in [3.8, 4) is 0 Å². The molecule has 0 amide bonds. The lowest BCUT2D eigenvalue weighted by Gasteiger charge is -2.36. The Morgan fingerprint density at radius 3 is 2.58 bits per heavy atom. The lowest BCUT2D eigenvalue weighted by Crippen LogP contribution is -2.51. The summed E-state index contributed by atoms with van der Waals surface area (Å²) in [6, 6.07) is 0.528. The van der Waals surface area contributed by atoms with Gasteiger partial charge in [-0.3, -0.25) is 4.90 Å². The fraction of sp³-hybridized carbons (Fsp3) is 1.00. The number of nitrogens with zero attached hydrogens (tertiary/aromatic N) is 1. The second-order valence-electron chi connectivity index (χ2n) is 5.75. The zero-order valence-electron chi connectivity index (χ0n) is 13.3. The van der Waals surface area contributed by atoms with E-state index in [1.165, 1.54) is 44.9 Å². The molecule has 114 valence electrons. The molecule has 0 spiro atoms. The topological polar surface area (TPSA) is 24.5 Å². The lowest BCUT2D eigenvalue weighted by atomic mass is 10.0. The fourth-order valence-corrected chi connectivity index (χ4v) is 2.92. The van der Waals surface area contributed by atoms with Crippen LogP contribution in [0.15, 0.2) is 0 Å². The molecule has 3 nitrogen and oxygen atoms in total. The highest BCUT2D eigenvalue weighted by atomic mass is 16.5. The van der Waals surface area contributed by atoms with Crippen LogP contribution < -0.4 is 5.32 Å². The van der Waals surface area contributed by atoms with Crippen molar-refractivity contribution in [3.63, 3.8) is 0 Å². The first-order chi connectivity index (χ1) is 9.31. The molecule has 2 atom stereocenters. The van der Waals surface area contributed by atoms with E-state index in [2.05, 4.69) is 31.1 Å². The Morgan fingerprint density at radius 2 is 1.89 bits per heavy atom. The second kappa shape index (κ2) is 10.6. The average Bonchev–Trinajstić information content (AvgIpc) is 2.46. The van der Waals surface area contributed by atoms with Crippen molar-refractivity contribution < 1.29 is 4.74 Å². The third kappa shape index (κ3) is 6.73. The largest absolute Gasteiger partial charge is 0.374 e. The summed E-state index contributed by atoms with van der Waals surface area (Å²) in [6.45, 7) is 8.75. The van der Waals surface area contributed by atoms with Gasteiger partial charge in [0.05, 0.1) is 12.7 Å². The van der Waals surface area contributed by atoms with Crippen molar-refractivity contribution in [1.29, 1.82) is 0 Å². The van der Waals surface area contributed by atoms with Gasteiger partial charge in [0.15, 0.2) is 0 Å². The molecular weight excluding hydrogens is 236 g/mol. The van der Waals surface area contributed by atoms with Gasteiger partial charge in [-0.1, -0.05) is 52.4 Å². The minimum absolute atomic E-state index is 0.384. The van der Waals surface area contributed by atoms with E-state index < -0.39 is 0 Å². The molecule has 1 saturated heterocycles. The quantitative estimate of drug-likeness (QED) is 0.618. The number of nitrogens with one attached hydrogen (secondary N) is 1. The molecule has 1 rings (SSSR count). The Kier molecular flexibility index (Phi) is 9.48. The van der Waals surface area contributed by atoms with Crippen LogP contribution in [0, 0.1) is 0 Å². The summed E-state index contributed by atoms with van der Waals surface area (Å²) in [5, 5.41) is 3.47. The number of hydrogen-bond donors (Lipinski definition) is 1. The van der Waals surface area contributed by atoms with E-state index in [1.54, 1.807) is 0 Å². The summed E-state index contributed by atoms with van der Waals surface area (Å²) in [4.78, 5) is 2.50. The highest BCUT2D eigenvalue weighted by Crippen LogP contribution is 2.15. The van der Waals surface area contributed by atoms with Crippen LogP contribution in [-0.2, 0) is 4.74 Å². The van der Waals surface area contributed by atoms with Crippen molar-refractivity contribution >= 4 is 0 Å². The van der Waals surface area contributed by atoms with Crippen LogP contribution in [0.5, 0.6) is 0 Å². The Morgan fingerprint density at radius 1 is 1.16 bits per heavy atom.